The zero-order valence-electron chi connectivity index (χ0n) is 14.6. The van der Waals surface area contributed by atoms with Crippen molar-refractivity contribution in [2.45, 2.75) is 25.7 Å². The minimum atomic E-state index is -0.191. The van der Waals surface area contributed by atoms with Gasteiger partial charge in [0.1, 0.15) is 0 Å². The molecule has 1 unspecified atom stereocenters. The van der Waals surface area contributed by atoms with Crippen LogP contribution in [0.15, 0.2) is 24.3 Å². The van der Waals surface area contributed by atoms with Crippen LogP contribution in [0.4, 0.5) is 5.69 Å². The van der Waals surface area contributed by atoms with Gasteiger partial charge in [0.05, 0.1) is 5.92 Å². The van der Waals surface area contributed by atoms with Gasteiger partial charge >= 0.3 is 0 Å². The molecular formula is C18H27N3O2. The topological polar surface area (TPSA) is 43.9 Å². The van der Waals surface area contributed by atoms with Crippen molar-refractivity contribution < 1.29 is 9.59 Å². The van der Waals surface area contributed by atoms with Crippen LogP contribution < -0.4 is 4.90 Å². The van der Waals surface area contributed by atoms with Crippen LogP contribution in [-0.2, 0) is 9.59 Å². The van der Waals surface area contributed by atoms with E-state index in [0.717, 1.165) is 25.2 Å². The lowest BCUT2D eigenvalue weighted by atomic mass is 9.89. The summed E-state index contributed by atoms with van der Waals surface area (Å²) in [5, 5.41) is 0. The monoisotopic (exact) mass is 317 g/mol. The molecule has 1 aromatic carbocycles. The van der Waals surface area contributed by atoms with E-state index in [1.54, 1.807) is 7.05 Å². The first-order chi connectivity index (χ1) is 10.9. The average molecular weight is 317 g/mol. The van der Waals surface area contributed by atoms with Gasteiger partial charge in [0.25, 0.3) is 0 Å². The summed E-state index contributed by atoms with van der Waals surface area (Å²) in [7, 11) is 5.72. The van der Waals surface area contributed by atoms with Gasteiger partial charge in [0.15, 0.2) is 0 Å². The summed E-state index contributed by atoms with van der Waals surface area (Å²) >= 11 is 0. The molecule has 5 heteroatoms. The lowest BCUT2D eigenvalue weighted by Crippen LogP contribution is -2.41. The second kappa shape index (κ2) is 7.59. The number of rotatable bonds is 6. The average Bonchev–Trinajstić information content (AvgIpc) is 2.54. The van der Waals surface area contributed by atoms with E-state index in [-0.39, 0.29) is 17.7 Å². The molecule has 1 saturated heterocycles. The van der Waals surface area contributed by atoms with Gasteiger partial charge in [-0.05, 0) is 45.1 Å². The SMILES string of the molecule is CCN(CCN(C)C)c1ccc(C2CCC(=O)N(C)C2=O)cc1. The molecule has 0 saturated carbocycles. The number of nitrogens with zero attached hydrogens (tertiary/aromatic N) is 3. The zero-order chi connectivity index (χ0) is 17.0. The Balaban J connectivity index is 2.09. The Morgan fingerprint density at radius 2 is 1.78 bits per heavy atom. The van der Waals surface area contributed by atoms with E-state index in [1.165, 1.54) is 10.6 Å². The van der Waals surface area contributed by atoms with E-state index in [1.807, 2.05) is 12.1 Å². The molecule has 0 bridgehead atoms. The number of likely N-dealkylation sites (tertiary alicyclic amines) is 1. The summed E-state index contributed by atoms with van der Waals surface area (Å²) in [6.45, 7) is 5.08. The first kappa shape index (κ1) is 17.5. The summed E-state index contributed by atoms with van der Waals surface area (Å²) in [4.78, 5) is 29.6. The Morgan fingerprint density at radius 3 is 2.35 bits per heavy atom. The summed E-state index contributed by atoms with van der Waals surface area (Å²) < 4.78 is 0. The lowest BCUT2D eigenvalue weighted by molar-refractivity contribution is -0.147. The lowest BCUT2D eigenvalue weighted by Gasteiger charge is -2.29. The van der Waals surface area contributed by atoms with Crippen molar-refractivity contribution in [2.75, 3.05) is 45.7 Å². The maximum Gasteiger partial charge on any atom is 0.236 e. The molecule has 1 aliphatic heterocycles. The van der Waals surface area contributed by atoms with Crippen LogP contribution in [0, 0.1) is 0 Å². The molecule has 0 N–H and O–H groups in total. The molecule has 5 nitrogen and oxygen atoms in total. The van der Waals surface area contributed by atoms with Crippen molar-refractivity contribution in [3.05, 3.63) is 29.8 Å². The van der Waals surface area contributed by atoms with E-state index < -0.39 is 0 Å². The first-order valence-corrected chi connectivity index (χ1v) is 8.24. The smallest absolute Gasteiger partial charge is 0.236 e. The molecular weight excluding hydrogens is 290 g/mol. The maximum atomic E-state index is 12.3. The van der Waals surface area contributed by atoms with Gasteiger partial charge in [-0.2, -0.15) is 0 Å². The van der Waals surface area contributed by atoms with Crippen LogP contribution in [0.3, 0.4) is 0 Å². The number of hydrogen-bond acceptors (Lipinski definition) is 4. The number of amides is 2. The standard InChI is InChI=1S/C18H27N3O2/c1-5-21(13-12-19(2)3)15-8-6-14(7-9-15)16-10-11-17(22)20(4)18(16)23/h6-9,16H,5,10-13H2,1-4H3. The van der Waals surface area contributed by atoms with E-state index in [2.05, 4.69) is 43.0 Å². The normalized spacial score (nSPS) is 18.7. The predicted octanol–water partition coefficient (Wildman–Crippen LogP) is 1.94. The van der Waals surface area contributed by atoms with Gasteiger partial charge in [-0.3, -0.25) is 14.5 Å². The Labute approximate surface area is 138 Å². The van der Waals surface area contributed by atoms with E-state index >= 15 is 0 Å². The number of carbonyl (C=O) groups is 2. The second-order valence-electron chi connectivity index (χ2n) is 6.36. The summed E-state index contributed by atoms with van der Waals surface area (Å²) in [5.41, 5.74) is 2.17. The van der Waals surface area contributed by atoms with Gasteiger partial charge in [0, 0.05) is 38.8 Å². The molecule has 1 heterocycles. The zero-order valence-corrected chi connectivity index (χ0v) is 14.6. The molecule has 0 radical (unpaired) electrons. The van der Waals surface area contributed by atoms with Gasteiger partial charge < -0.3 is 9.80 Å². The number of anilines is 1. The Kier molecular flexibility index (Phi) is 5.77. The third-order valence-electron chi connectivity index (χ3n) is 4.51. The van der Waals surface area contributed by atoms with Crippen molar-refractivity contribution in [2.24, 2.45) is 0 Å². The van der Waals surface area contributed by atoms with Crippen LogP contribution in [0.2, 0.25) is 0 Å². The molecule has 1 aliphatic rings. The minimum absolute atomic E-state index is 0.0799. The Bertz CT molecular complexity index is 554. The fourth-order valence-corrected chi connectivity index (χ4v) is 2.93. The van der Waals surface area contributed by atoms with Crippen molar-refractivity contribution in [3.8, 4) is 0 Å². The number of likely N-dealkylation sites (N-methyl/N-ethyl adjacent to an activating group) is 3. The number of imide groups is 1. The van der Waals surface area contributed by atoms with E-state index in [0.29, 0.717) is 12.8 Å². The van der Waals surface area contributed by atoms with Crippen molar-refractivity contribution in [3.63, 3.8) is 0 Å². The molecule has 1 aromatic rings. The number of piperidine rings is 1. The first-order valence-electron chi connectivity index (χ1n) is 8.24. The van der Waals surface area contributed by atoms with Crippen LogP contribution in [0.5, 0.6) is 0 Å². The quantitative estimate of drug-likeness (QED) is 0.752. The van der Waals surface area contributed by atoms with Gasteiger partial charge in [-0.1, -0.05) is 12.1 Å². The van der Waals surface area contributed by atoms with Gasteiger partial charge in [0.2, 0.25) is 11.8 Å². The van der Waals surface area contributed by atoms with Crippen LogP contribution >= 0.6 is 0 Å². The van der Waals surface area contributed by atoms with Crippen molar-refractivity contribution >= 4 is 17.5 Å². The van der Waals surface area contributed by atoms with Crippen LogP contribution in [0.1, 0.15) is 31.2 Å². The maximum absolute atomic E-state index is 12.3. The number of benzene rings is 1. The fraction of sp³-hybridized carbons (Fsp3) is 0.556. The highest BCUT2D eigenvalue weighted by Gasteiger charge is 2.32. The molecule has 126 valence electrons. The number of carbonyl (C=O) groups excluding carboxylic acids is 2. The molecule has 0 spiro atoms. The van der Waals surface area contributed by atoms with Crippen LogP contribution in [-0.4, -0.2) is 62.4 Å². The number of hydrogen-bond donors (Lipinski definition) is 0. The van der Waals surface area contributed by atoms with Gasteiger partial charge in [-0.15, -0.1) is 0 Å². The van der Waals surface area contributed by atoms with Gasteiger partial charge in [-0.25, -0.2) is 0 Å². The molecule has 0 aliphatic carbocycles. The highest BCUT2D eigenvalue weighted by Crippen LogP contribution is 2.29. The summed E-state index contributed by atoms with van der Waals surface area (Å²) in [6, 6.07) is 8.22. The molecule has 0 aromatic heterocycles. The third-order valence-corrected chi connectivity index (χ3v) is 4.51. The van der Waals surface area contributed by atoms with E-state index in [4.69, 9.17) is 0 Å². The molecule has 23 heavy (non-hydrogen) atoms. The highest BCUT2D eigenvalue weighted by molar-refractivity contribution is 6.00. The molecule has 2 amide bonds. The second-order valence-corrected chi connectivity index (χ2v) is 6.36. The molecule has 1 atom stereocenters. The fourth-order valence-electron chi connectivity index (χ4n) is 2.93. The predicted molar refractivity (Wildman–Crippen MR) is 92.6 cm³/mol. The third kappa shape index (κ3) is 4.10. The Hall–Kier alpha value is -1.88. The molecule has 1 fully saturated rings. The summed E-state index contributed by atoms with van der Waals surface area (Å²) in [6.07, 6.45) is 1.05. The summed E-state index contributed by atoms with van der Waals surface area (Å²) in [5.74, 6) is -0.360. The molecule has 2 rings (SSSR count). The largest absolute Gasteiger partial charge is 0.371 e. The van der Waals surface area contributed by atoms with E-state index in [9.17, 15) is 9.59 Å². The van der Waals surface area contributed by atoms with Crippen LogP contribution in [0.25, 0.3) is 0 Å². The highest BCUT2D eigenvalue weighted by atomic mass is 16.2. The Morgan fingerprint density at radius 1 is 1.13 bits per heavy atom. The van der Waals surface area contributed by atoms with Crippen molar-refractivity contribution in [1.82, 2.24) is 9.80 Å². The minimum Gasteiger partial charge on any atom is -0.371 e. The van der Waals surface area contributed by atoms with Crippen molar-refractivity contribution in [1.29, 1.82) is 0 Å².